The molecule has 1 aromatic carbocycles. The van der Waals surface area contributed by atoms with Gasteiger partial charge in [0.15, 0.2) is 0 Å². The molecule has 2 aliphatic heterocycles. The molecule has 162 valence electrons. The first kappa shape index (κ1) is 21.1. The maximum Gasteiger partial charge on any atom is 0.322 e. The molecule has 30 heavy (non-hydrogen) atoms. The van der Waals surface area contributed by atoms with E-state index in [1.807, 2.05) is 6.20 Å². The molecule has 1 aromatic rings. The Kier molecular flexibility index (Phi) is 6.29. The molecule has 8 heteroatoms. The first-order valence-corrected chi connectivity index (χ1v) is 10.9. The zero-order valence-electron chi connectivity index (χ0n) is 17.1. The van der Waals surface area contributed by atoms with Gasteiger partial charge in [0.05, 0.1) is 12.5 Å². The molecule has 3 amide bonds. The molecule has 1 saturated carbocycles. The average molecular weight is 436 g/mol. The summed E-state index contributed by atoms with van der Waals surface area (Å²) < 4.78 is 19.5. The van der Waals surface area contributed by atoms with E-state index in [1.54, 1.807) is 22.8 Å². The highest BCUT2D eigenvalue weighted by Crippen LogP contribution is 2.33. The molecule has 3 aliphatic rings. The fourth-order valence-corrected chi connectivity index (χ4v) is 4.18. The SMILES string of the molecule is Cc1cc(CNC(=O)N(C2=CN(C(=O)[C@@H]3CCOC3)CCC2)C2CC2)c(F)cc1Cl. The van der Waals surface area contributed by atoms with Crippen molar-refractivity contribution in [1.82, 2.24) is 15.1 Å². The molecule has 6 nitrogen and oxygen atoms in total. The predicted octanol–water partition coefficient (Wildman–Crippen LogP) is 3.96. The molecule has 1 N–H and O–H groups in total. The molecule has 0 spiro atoms. The van der Waals surface area contributed by atoms with E-state index in [1.165, 1.54) is 6.07 Å². The van der Waals surface area contributed by atoms with E-state index in [4.69, 9.17) is 16.3 Å². The lowest BCUT2D eigenvalue weighted by Gasteiger charge is -2.32. The monoisotopic (exact) mass is 435 g/mol. The molecule has 1 atom stereocenters. The van der Waals surface area contributed by atoms with Crippen LogP contribution in [-0.2, 0) is 16.1 Å². The number of aryl methyl sites for hydroxylation is 1. The number of nitrogens with one attached hydrogen (secondary N) is 1. The minimum Gasteiger partial charge on any atom is -0.381 e. The molecule has 1 saturated heterocycles. The summed E-state index contributed by atoms with van der Waals surface area (Å²) in [5, 5.41) is 3.21. The Morgan fingerprint density at radius 3 is 2.83 bits per heavy atom. The van der Waals surface area contributed by atoms with Crippen molar-refractivity contribution in [1.29, 1.82) is 0 Å². The predicted molar refractivity (Wildman–Crippen MR) is 111 cm³/mol. The van der Waals surface area contributed by atoms with Crippen LogP contribution in [0.3, 0.4) is 0 Å². The third-order valence-corrected chi connectivity index (χ3v) is 6.30. The van der Waals surface area contributed by atoms with E-state index in [0.29, 0.717) is 30.3 Å². The van der Waals surface area contributed by atoms with Gasteiger partial charge in [0.1, 0.15) is 5.82 Å². The molecule has 2 heterocycles. The van der Waals surface area contributed by atoms with E-state index < -0.39 is 5.82 Å². The molecular weight excluding hydrogens is 409 g/mol. The normalized spacial score (nSPS) is 21.4. The van der Waals surface area contributed by atoms with Crippen molar-refractivity contribution in [3.05, 3.63) is 46.0 Å². The van der Waals surface area contributed by atoms with Crippen LogP contribution in [0.2, 0.25) is 5.02 Å². The number of rotatable bonds is 5. The lowest BCUT2D eigenvalue weighted by molar-refractivity contribution is -0.133. The summed E-state index contributed by atoms with van der Waals surface area (Å²) in [6.07, 6.45) is 6.00. The van der Waals surface area contributed by atoms with Crippen molar-refractivity contribution >= 4 is 23.5 Å². The van der Waals surface area contributed by atoms with Crippen LogP contribution in [0.4, 0.5) is 9.18 Å². The van der Waals surface area contributed by atoms with Gasteiger partial charge in [-0.3, -0.25) is 9.69 Å². The Morgan fingerprint density at radius 1 is 1.33 bits per heavy atom. The summed E-state index contributed by atoms with van der Waals surface area (Å²) in [6, 6.07) is 2.81. The summed E-state index contributed by atoms with van der Waals surface area (Å²) >= 11 is 5.95. The number of ether oxygens (including phenoxy) is 1. The summed E-state index contributed by atoms with van der Waals surface area (Å²) in [5.41, 5.74) is 2.01. The molecule has 1 aliphatic carbocycles. The van der Waals surface area contributed by atoms with E-state index in [-0.39, 0.29) is 30.4 Å². The van der Waals surface area contributed by atoms with Crippen LogP contribution >= 0.6 is 11.6 Å². The second-order valence-corrected chi connectivity index (χ2v) is 8.68. The van der Waals surface area contributed by atoms with Crippen molar-refractivity contribution in [2.75, 3.05) is 19.8 Å². The molecule has 0 unspecified atom stereocenters. The lowest BCUT2D eigenvalue weighted by Crippen LogP contribution is -2.43. The summed E-state index contributed by atoms with van der Waals surface area (Å²) in [6.45, 7) is 3.64. The Labute approximate surface area is 181 Å². The van der Waals surface area contributed by atoms with Crippen LogP contribution in [0, 0.1) is 18.7 Å². The fraction of sp³-hybridized carbons (Fsp3) is 0.545. The molecule has 0 bridgehead atoms. The number of allylic oxidation sites excluding steroid dienone is 1. The zero-order chi connectivity index (χ0) is 21.3. The minimum atomic E-state index is -0.434. The molecule has 4 rings (SSSR count). The van der Waals surface area contributed by atoms with Crippen LogP contribution in [0.1, 0.15) is 43.2 Å². The van der Waals surface area contributed by atoms with Crippen molar-refractivity contribution in [2.45, 2.75) is 51.6 Å². The summed E-state index contributed by atoms with van der Waals surface area (Å²) in [5.74, 6) is -0.462. The van der Waals surface area contributed by atoms with Gasteiger partial charge in [-0.2, -0.15) is 0 Å². The lowest BCUT2D eigenvalue weighted by atomic mass is 10.1. The highest BCUT2D eigenvalue weighted by atomic mass is 35.5. The third-order valence-electron chi connectivity index (χ3n) is 5.90. The number of nitrogens with zero attached hydrogens (tertiary/aromatic N) is 2. The highest BCUT2D eigenvalue weighted by molar-refractivity contribution is 6.31. The number of hydrogen-bond donors (Lipinski definition) is 1. The van der Waals surface area contributed by atoms with Gasteiger partial charge in [-0.25, -0.2) is 9.18 Å². The van der Waals surface area contributed by atoms with E-state index in [0.717, 1.165) is 43.4 Å². The second-order valence-electron chi connectivity index (χ2n) is 8.27. The van der Waals surface area contributed by atoms with Gasteiger partial charge in [0, 0.05) is 48.2 Å². The standard InChI is InChI=1S/C22H27ClFN3O3/c1-14-9-16(20(24)10-19(14)23)11-25-22(29)27(17-4-5-17)18-3-2-7-26(12-18)21(28)15-6-8-30-13-15/h9-10,12,15,17H,2-8,11,13H2,1H3,(H,25,29)/t15-/m1/s1. The molecule has 2 fully saturated rings. The maximum atomic E-state index is 14.2. The van der Waals surface area contributed by atoms with E-state index >= 15 is 0 Å². The largest absolute Gasteiger partial charge is 0.381 e. The third kappa shape index (κ3) is 4.62. The number of hydrogen-bond acceptors (Lipinski definition) is 3. The average Bonchev–Trinajstić information content (AvgIpc) is 3.40. The van der Waals surface area contributed by atoms with Gasteiger partial charge in [0.2, 0.25) is 5.91 Å². The quantitative estimate of drug-likeness (QED) is 0.761. The van der Waals surface area contributed by atoms with Gasteiger partial charge in [0.25, 0.3) is 0 Å². The Hall–Kier alpha value is -2.12. The number of halogens is 2. The Bertz CT molecular complexity index is 865. The first-order valence-electron chi connectivity index (χ1n) is 10.5. The number of benzene rings is 1. The topological polar surface area (TPSA) is 61.9 Å². The number of carbonyl (C=O) groups excluding carboxylic acids is 2. The van der Waals surface area contributed by atoms with Crippen molar-refractivity contribution in [2.24, 2.45) is 5.92 Å². The van der Waals surface area contributed by atoms with Crippen LogP contribution in [0.15, 0.2) is 24.0 Å². The van der Waals surface area contributed by atoms with Crippen molar-refractivity contribution < 1.29 is 18.7 Å². The first-order chi connectivity index (χ1) is 14.4. The van der Waals surface area contributed by atoms with Crippen molar-refractivity contribution in [3.8, 4) is 0 Å². The van der Waals surface area contributed by atoms with Crippen LogP contribution in [0.5, 0.6) is 0 Å². The number of urea groups is 1. The Balaban J connectivity index is 1.46. The number of amides is 3. The van der Waals surface area contributed by atoms with E-state index in [2.05, 4.69) is 5.32 Å². The van der Waals surface area contributed by atoms with E-state index in [9.17, 15) is 14.0 Å². The van der Waals surface area contributed by atoms with Gasteiger partial charge >= 0.3 is 6.03 Å². The van der Waals surface area contributed by atoms with Crippen LogP contribution in [0.25, 0.3) is 0 Å². The minimum absolute atomic E-state index is 0.0690. The molecule has 0 radical (unpaired) electrons. The molecular formula is C22H27ClFN3O3. The summed E-state index contributed by atoms with van der Waals surface area (Å²) in [4.78, 5) is 29.3. The number of carbonyl (C=O) groups is 2. The van der Waals surface area contributed by atoms with Gasteiger partial charge in [-0.05, 0) is 56.7 Å². The summed E-state index contributed by atoms with van der Waals surface area (Å²) in [7, 11) is 0. The fourth-order valence-electron chi connectivity index (χ4n) is 4.03. The second kappa shape index (κ2) is 8.94. The zero-order valence-corrected chi connectivity index (χ0v) is 17.9. The van der Waals surface area contributed by atoms with Gasteiger partial charge in [-0.15, -0.1) is 0 Å². The maximum absolute atomic E-state index is 14.2. The van der Waals surface area contributed by atoms with Gasteiger partial charge in [-0.1, -0.05) is 11.6 Å². The smallest absolute Gasteiger partial charge is 0.322 e. The molecule has 0 aromatic heterocycles. The highest BCUT2D eigenvalue weighted by Gasteiger charge is 2.37. The Morgan fingerprint density at radius 2 is 2.13 bits per heavy atom. The van der Waals surface area contributed by atoms with Crippen molar-refractivity contribution in [3.63, 3.8) is 0 Å². The van der Waals surface area contributed by atoms with Crippen LogP contribution in [-0.4, -0.2) is 47.5 Å². The van der Waals surface area contributed by atoms with Crippen LogP contribution < -0.4 is 5.32 Å². The van der Waals surface area contributed by atoms with Gasteiger partial charge < -0.3 is 15.0 Å².